The molecule has 1 atom stereocenters. The summed E-state index contributed by atoms with van der Waals surface area (Å²) < 4.78 is 1.02. The fourth-order valence-electron chi connectivity index (χ4n) is 2.23. The van der Waals surface area contributed by atoms with Crippen LogP contribution in [0.3, 0.4) is 0 Å². The van der Waals surface area contributed by atoms with Crippen molar-refractivity contribution in [2.24, 2.45) is 0 Å². The second-order valence-electron chi connectivity index (χ2n) is 6.26. The second-order valence-corrected chi connectivity index (χ2v) is 7.18. The van der Waals surface area contributed by atoms with Gasteiger partial charge in [0.25, 0.3) is 0 Å². The van der Waals surface area contributed by atoms with E-state index < -0.39 is 0 Å². The van der Waals surface area contributed by atoms with Crippen LogP contribution in [0.4, 0.5) is 5.69 Å². The highest BCUT2D eigenvalue weighted by Gasteiger charge is 2.15. The van der Waals surface area contributed by atoms with Crippen LogP contribution in [0.2, 0.25) is 0 Å². The van der Waals surface area contributed by atoms with Gasteiger partial charge in [-0.05, 0) is 34.7 Å². The lowest BCUT2D eigenvalue weighted by atomic mass is 9.86. The van der Waals surface area contributed by atoms with E-state index in [2.05, 4.69) is 66.3 Å². The summed E-state index contributed by atoms with van der Waals surface area (Å²) in [5, 5.41) is 13.0. The Morgan fingerprint density at radius 3 is 2.29 bits per heavy atom. The Hall–Kier alpha value is -1.32. The minimum absolute atomic E-state index is 0.0569. The topological polar surface area (TPSA) is 32.3 Å². The third kappa shape index (κ3) is 4.32. The third-order valence-corrected chi connectivity index (χ3v) is 4.02. The Morgan fingerprint density at radius 1 is 1.10 bits per heavy atom. The summed E-state index contributed by atoms with van der Waals surface area (Å²) >= 11 is 3.46. The van der Waals surface area contributed by atoms with Gasteiger partial charge in [0.05, 0.1) is 12.6 Å². The molecule has 0 aliphatic rings. The molecule has 112 valence electrons. The molecule has 2 rings (SSSR count). The van der Waals surface area contributed by atoms with Crippen molar-refractivity contribution in [2.45, 2.75) is 32.2 Å². The zero-order chi connectivity index (χ0) is 15.5. The Bertz CT molecular complexity index is 587. The first-order valence-corrected chi connectivity index (χ1v) is 7.93. The first-order chi connectivity index (χ1) is 9.90. The summed E-state index contributed by atoms with van der Waals surface area (Å²) in [5.74, 6) is 0. The molecule has 0 heterocycles. The maximum absolute atomic E-state index is 9.67. The normalized spacial score (nSPS) is 13.0. The van der Waals surface area contributed by atoms with Gasteiger partial charge in [-0.1, -0.05) is 67.0 Å². The summed E-state index contributed by atoms with van der Waals surface area (Å²) in [7, 11) is 0. The summed E-state index contributed by atoms with van der Waals surface area (Å²) in [4.78, 5) is 0. The molecule has 0 aliphatic carbocycles. The molecule has 3 heteroatoms. The molecule has 0 bridgehead atoms. The standard InChI is InChI=1S/C18H22BrNO/c1-18(2,3)14-9-7-13(8-10-14)17(12-21)20-16-6-4-5-15(19)11-16/h4-11,17,20-21H,12H2,1-3H3. The highest BCUT2D eigenvalue weighted by Crippen LogP contribution is 2.26. The Balaban J connectivity index is 2.18. The van der Waals surface area contributed by atoms with Gasteiger partial charge in [0.1, 0.15) is 0 Å². The number of hydrogen-bond donors (Lipinski definition) is 2. The molecular formula is C18H22BrNO. The van der Waals surface area contributed by atoms with Crippen LogP contribution in [-0.2, 0) is 5.41 Å². The highest BCUT2D eigenvalue weighted by atomic mass is 79.9. The summed E-state index contributed by atoms with van der Waals surface area (Å²) in [6, 6.07) is 16.3. The van der Waals surface area contributed by atoms with Crippen LogP contribution in [0, 0.1) is 0 Å². The third-order valence-electron chi connectivity index (χ3n) is 3.53. The SMILES string of the molecule is CC(C)(C)c1ccc(C(CO)Nc2cccc(Br)c2)cc1. The van der Waals surface area contributed by atoms with Crippen molar-refractivity contribution < 1.29 is 5.11 Å². The predicted molar refractivity (Wildman–Crippen MR) is 92.7 cm³/mol. The number of benzene rings is 2. The molecule has 0 aliphatic heterocycles. The molecule has 0 radical (unpaired) electrons. The maximum Gasteiger partial charge on any atom is 0.0745 e. The van der Waals surface area contributed by atoms with Crippen molar-refractivity contribution in [3.05, 3.63) is 64.1 Å². The van der Waals surface area contributed by atoms with E-state index in [4.69, 9.17) is 0 Å². The van der Waals surface area contributed by atoms with Crippen LogP contribution in [-0.4, -0.2) is 11.7 Å². The molecule has 0 spiro atoms. The van der Waals surface area contributed by atoms with E-state index in [9.17, 15) is 5.11 Å². The number of halogens is 1. The Labute approximate surface area is 135 Å². The van der Waals surface area contributed by atoms with E-state index in [-0.39, 0.29) is 18.1 Å². The Morgan fingerprint density at radius 2 is 1.76 bits per heavy atom. The fourth-order valence-corrected chi connectivity index (χ4v) is 2.63. The van der Waals surface area contributed by atoms with E-state index in [0.29, 0.717) is 0 Å². The predicted octanol–water partition coefficient (Wildman–Crippen LogP) is 4.89. The minimum Gasteiger partial charge on any atom is -0.394 e. The molecule has 21 heavy (non-hydrogen) atoms. The van der Waals surface area contributed by atoms with E-state index >= 15 is 0 Å². The largest absolute Gasteiger partial charge is 0.394 e. The number of aliphatic hydroxyl groups excluding tert-OH is 1. The maximum atomic E-state index is 9.67. The molecule has 0 amide bonds. The monoisotopic (exact) mass is 347 g/mol. The van der Waals surface area contributed by atoms with Crippen molar-refractivity contribution in [3.63, 3.8) is 0 Å². The van der Waals surface area contributed by atoms with Crippen molar-refractivity contribution in [2.75, 3.05) is 11.9 Å². The van der Waals surface area contributed by atoms with Crippen LogP contribution >= 0.6 is 15.9 Å². The van der Waals surface area contributed by atoms with Crippen molar-refractivity contribution in [1.82, 2.24) is 0 Å². The summed E-state index contributed by atoms with van der Waals surface area (Å²) in [5.41, 5.74) is 3.52. The number of anilines is 1. The van der Waals surface area contributed by atoms with Gasteiger partial charge in [0, 0.05) is 10.2 Å². The lowest BCUT2D eigenvalue weighted by Gasteiger charge is -2.22. The van der Waals surface area contributed by atoms with Gasteiger partial charge in [0.2, 0.25) is 0 Å². The number of rotatable bonds is 4. The van der Waals surface area contributed by atoms with Crippen LogP contribution in [0.15, 0.2) is 53.0 Å². The fraction of sp³-hybridized carbons (Fsp3) is 0.333. The van der Waals surface area contributed by atoms with Crippen LogP contribution in [0.25, 0.3) is 0 Å². The molecule has 0 saturated carbocycles. The zero-order valence-corrected chi connectivity index (χ0v) is 14.3. The number of aliphatic hydroxyl groups is 1. The lowest BCUT2D eigenvalue weighted by Crippen LogP contribution is -2.16. The van der Waals surface area contributed by atoms with Gasteiger partial charge in [0.15, 0.2) is 0 Å². The van der Waals surface area contributed by atoms with Gasteiger partial charge < -0.3 is 10.4 Å². The minimum atomic E-state index is -0.103. The first-order valence-electron chi connectivity index (χ1n) is 7.13. The van der Waals surface area contributed by atoms with Crippen LogP contribution < -0.4 is 5.32 Å². The van der Waals surface area contributed by atoms with Crippen molar-refractivity contribution in [3.8, 4) is 0 Å². The molecule has 1 unspecified atom stereocenters. The highest BCUT2D eigenvalue weighted by molar-refractivity contribution is 9.10. The van der Waals surface area contributed by atoms with Crippen LogP contribution in [0.1, 0.15) is 37.9 Å². The molecule has 2 aromatic rings. The van der Waals surface area contributed by atoms with Gasteiger partial charge in [-0.15, -0.1) is 0 Å². The summed E-state index contributed by atoms with van der Waals surface area (Å²) in [6.07, 6.45) is 0. The van der Waals surface area contributed by atoms with Gasteiger partial charge in [-0.3, -0.25) is 0 Å². The van der Waals surface area contributed by atoms with E-state index in [0.717, 1.165) is 15.7 Å². The summed E-state index contributed by atoms with van der Waals surface area (Å²) in [6.45, 7) is 6.66. The number of nitrogens with one attached hydrogen (secondary N) is 1. The average Bonchev–Trinajstić information content (AvgIpc) is 2.44. The zero-order valence-electron chi connectivity index (χ0n) is 12.7. The van der Waals surface area contributed by atoms with Gasteiger partial charge >= 0.3 is 0 Å². The lowest BCUT2D eigenvalue weighted by molar-refractivity contribution is 0.276. The quantitative estimate of drug-likeness (QED) is 0.824. The molecule has 2 N–H and O–H groups in total. The molecule has 0 saturated heterocycles. The molecule has 2 nitrogen and oxygen atoms in total. The molecular weight excluding hydrogens is 326 g/mol. The van der Waals surface area contributed by atoms with Gasteiger partial charge in [-0.25, -0.2) is 0 Å². The molecule has 2 aromatic carbocycles. The molecule has 0 aromatic heterocycles. The van der Waals surface area contributed by atoms with E-state index in [1.165, 1.54) is 5.56 Å². The van der Waals surface area contributed by atoms with Crippen LogP contribution in [0.5, 0.6) is 0 Å². The smallest absolute Gasteiger partial charge is 0.0745 e. The van der Waals surface area contributed by atoms with Gasteiger partial charge in [-0.2, -0.15) is 0 Å². The number of hydrogen-bond acceptors (Lipinski definition) is 2. The molecule has 0 fully saturated rings. The second kappa shape index (κ2) is 6.63. The van der Waals surface area contributed by atoms with E-state index in [1.807, 2.05) is 24.3 Å². The van der Waals surface area contributed by atoms with Crippen molar-refractivity contribution >= 4 is 21.6 Å². The Kier molecular flexibility index (Phi) is 5.07. The first kappa shape index (κ1) is 16.1. The average molecular weight is 348 g/mol. The van der Waals surface area contributed by atoms with E-state index in [1.54, 1.807) is 0 Å². The van der Waals surface area contributed by atoms with Crippen molar-refractivity contribution in [1.29, 1.82) is 0 Å².